The van der Waals surface area contributed by atoms with Crippen LogP contribution in [0.25, 0.3) is 0 Å². The molecule has 1 N–H and O–H groups in total. The Morgan fingerprint density at radius 2 is 2.05 bits per heavy atom. The van der Waals surface area contributed by atoms with Crippen molar-refractivity contribution in [3.63, 3.8) is 0 Å². The van der Waals surface area contributed by atoms with Gasteiger partial charge in [-0.2, -0.15) is 5.10 Å². The molecule has 22 heavy (non-hydrogen) atoms. The molecule has 1 aromatic carbocycles. The second-order valence-electron chi connectivity index (χ2n) is 5.59. The highest BCUT2D eigenvalue weighted by Crippen LogP contribution is 2.24. The summed E-state index contributed by atoms with van der Waals surface area (Å²) in [5.74, 6) is -1.12. The zero-order valence-corrected chi connectivity index (χ0v) is 12.1. The number of rotatable bonds is 4. The Bertz CT molecular complexity index is 612. The number of hydrogen-bond donors (Lipinski definition) is 1. The minimum absolute atomic E-state index is 0.0124. The van der Waals surface area contributed by atoms with Crippen LogP contribution < -0.4 is 0 Å². The predicted octanol–water partition coefficient (Wildman–Crippen LogP) is 1.93. The molecular formula is C15H18F2N4O. The minimum Gasteiger partial charge on any atom is -0.387 e. The predicted molar refractivity (Wildman–Crippen MR) is 76.1 cm³/mol. The van der Waals surface area contributed by atoms with E-state index in [1.807, 2.05) is 4.68 Å². The van der Waals surface area contributed by atoms with Gasteiger partial charge in [0.05, 0.1) is 12.1 Å². The Morgan fingerprint density at radius 1 is 1.27 bits per heavy atom. The highest BCUT2D eigenvalue weighted by molar-refractivity contribution is 5.21. The summed E-state index contributed by atoms with van der Waals surface area (Å²) in [7, 11) is 0. The van der Waals surface area contributed by atoms with E-state index in [0.29, 0.717) is 12.6 Å². The molecule has 0 aliphatic carbocycles. The second-order valence-corrected chi connectivity index (χ2v) is 5.59. The molecule has 1 fully saturated rings. The Kier molecular flexibility index (Phi) is 4.44. The van der Waals surface area contributed by atoms with Crippen molar-refractivity contribution in [2.75, 3.05) is 19.6 Å². The number of halogens is 2. The van der Waals surface area contributed by atoms with E-state index >= 15 is 0 Å². The number of benzene rings is 1. The number of aliphatic hydroxyl groups excluding tert-OH is 1. The monoisotopic (exact) mass is 308 g/mol. The van der Waals surface area contributed by atoms with Crippen LogP contribution in [0.3, 0.4) is 0 Å². The van der Waals surface area contributed by atoms with Gasteiger partial charge in [-0.05, 0) is 31.0 Å². The van der Waals surface area contributed by atoms with Crippen molar-refractivity contribution in [1.29, 1.82) is 0 Å². The van der Waals surface area contributed by atoms with Crippen LogP contribution in [0, 0.1) is 11.6 Å². The first kappa shape index (κ1) is 15.1. The first-order valence-corrected chi connectivity index (χ1v) is 7.33. The summed E-state index contributed by atoms with van der Waals surface area (Å²) in [4.78, 5) is 6.00. The summed E-state index contributed by atoms with van der Waals surface area (Å²) in [5, 5.41) is 14.3. The van der Waals surface area contributed by atoms with Crippen LogP contribution in [0.5, 0.6) is 0 Å². The fourth-order valence-electron chi connectivity index (χ4n) is 2.89. The smallest absolute Gasteiger partial charge is 0.137 e. The van der Waals surface area contributed by atoms with Crippen LogP contribution >= 0.6 is 0 Å². The van der Waals surface area contributed by atoms with Crippen molar-refractivity contribution in [1.82, 2.24) is 19.7 Å². The summed E-state index contributed by atoms with van der Waals surface area (Å²) in [6, 6.07) is 3.46. The number of aliphatic hydroxyl groups is 1. The highest BCUT2D eigenvalue weighted by atomic mass is 19.1. The molecule has 1 unspecified atom stereocenters. The highest BCUT2D eigenvalue weighted by Gasteiger charge is 2.24. The molecular weight excluding hydrogens is 290 g/mol. The number of β-amino-alcohol motifs (C(OH)–C–C–N with tert-alkyl or cyclic N) is 1. The summed E-state index contributed by atoms with van der Waals surface area (Å²) < 4.78 is 28.7. The molecule has 118 valence electrons. The second kappa shape index (κ2) is 6.50. The molecule has 0 bridgehead atoms. The quantitative estimate of drug-likeness (QED) is 0.938. The lowest BCUT2D eigenvalue weighted by Gasteiger charge is -2.33. The van der Waals surface area contributed by atoms with Gasteiger partial charge in [-0.1, -0.05) is 0 Å². The third kappa shape index (κ3) is 3.31. The SMILES string of the molecule is OC(CN1CCC(n2cncn2)CC1)c1cc(F)ccc1F. The molecule has 1 aliphatic rings. The van der Waals surface area contributed by atoms with Gasteiger partial charge >= 0.3 is 0 Å². The van der Waals surface area contributed by atoms with Gasteiger partial charge in [-0.15, -0.1) is 0 Å². The Morgan fingerprint density at radius 3 is 2.73 bits per heavy atom. The lowest BCUT2D eigenvalue weighted by Crippen LogP contribution is -2.37. The first-order valence-electron chi connectivity index (χ1n) is 7.33. The van der Waals surface area contributed by atoms with E-state index in [1.165, 1.54) is 6.33 Å². The standard InChI is InChI=1S/C15H18F2N4O/c16-11-1-2-14(17)13(7-11)15(22)8-20-5-3-12(4-6-20)21-10-18-9-19-21/h1-2,7,9-10,12,15,22H,3-6,8H2. The molecule has 0 saturated carbocycles. The number of nitrogens with zero attached hydrogens (tertiary/aromatic N) is 4. The molecule has 1 saturated heterocycles. The van der Waals surface area contributed by atoms with Crippen molar-refractivity contribution >= 4 is 0 Å². The molecule has 1 aromatic heterocycles. The van der Waals surface area contributed by atoms with Gasteiger partial charge in [-0.3, -0.25) is 0 Å². The summed E-state index contributed by atoms with van der Waals surface area (Å²) >= 11 is 0. The maximum Gasteiger partial charge on any atom is 0.137 e. The van der Waals surface area contributed by atoms with E-state index in [0.717, 1.165) is 44.1 Å². The maximum absolute atomic E-state index is 13.7. The molecule has 0 radical (unpaired) electrons. The third-order valence-corrected chi connectivity index (χ3v) is 4.12. The van der Waals surface area contributed by atoms with E-state index in [1.54, 1.807) is 6.33 Å². The molecule has 2 heterocycles. The molecule has 7 heteroatoms. The number of likely N-dealkylation sites (tertiary alicyclic amines) is 1. The average Bonchev–Trinajstić information content (AvgIpc) is 3.05. The van der Waals surface area contributed by atoms with E-state index in [2.05, 4.69) is 15.0 Å². The Balaban J connectivity index is 1.57. The third-order valence-electron chi connectivity index (χ3n) is 4.12. The first-order chi connectivity index (χ1) is 10.6. The largest absolute Gasteiger partial charge is 0.387 e. The maximum atomic E-state index is 13.7. The zero-order chi connectivity index (χ0) is 15.5. The summed E-state index contributed by atoms with van der Waals surface area (Å²) in [5.41, 5.74) is 0.0124. The van der Waals surface area contributed by atoms with Crippen molar-refractivity contribution in [3.8, 4) is 0 Å². The summed E-state index contributed by atoms with van der Waals surface area (Å²) in [6.45, 7) is 1.85. The molecule has 3 rings (SSSR count). The van der Waals surface area contributed by atoms with E-state index in [-0.39, 0.29) is 5.56 Å². The van der Waals surface area contributed by atoms with Gasteiger partial charge in [0.25, 0.3) is 0 Å². The summed E-state index contributed by atoms with van der Waals surface area (Å²) in [6.07, 6.45) is 3.97. The lowest BCUT2D eigenvalue weighted by molar-refractivity contribution is 0.0865. The molecule has 1 aliphatic heterocycles. The van der Waals surface area contributed by atoms with Crippen molar-refractivity contribution in [2.24, 2.45) is 0 Å². The van der Waals surface area contributed by atoms with Gasteiger partial charge in [0.1, 0.15) is 24.3 Å². The van der Waals surface area contributed by atoms with E-state index in [4.69, 9.17) is 0 Å². The van der Waals surface area contributed by atoms with Crippen LogP contribution in [0.15, 0.2) is 30.9 Å². The fraction of sp³-hybridized carbons (Fsp3) is 0.467. The van der Waals surface area contributed by atoms with E-state index in [9.17, 15) is 13.9 Å². The topological polar surface area (TPSA) is 54.2 Å². The Hall–Kier alpha value is -1.86. The van der Waals surface area contributed by atoms with Crippen LogP contribution in [0.1, 0.15) is 30.6 Å². The number of aromatic nitrogens is 3. The number of hydrogen-bond acceptors (Lipinski definition) is 4. The minimum atomic E-state index is -1.03. The van der Waals surface area contributed by atoms with Gasteiger partial charge < -0.3 is 10.0 Å². The van der Waals surface area contributed by atoms with Crippen LogP contribution in [-0.4, -0.2) is 44.4 Å². The van der Waals surface area contributed by atoms with Crippen LogP contribution in [-0.2, 0) is 0 Å². The van der Waals surface area contributed by atoms with Crippen molar-refractivity contribution < 1.29 is 13.9 Å². The fourth-order valence-corrected chi connectivity index (χ4v) is 2.89. The number of piperidine rings is 1. The van der Waals surface area contributed by atoms with Gasteiger partial charge in [0.15, 0.2) is 0 Å². The normalized spacial score (nSPS) is 18.5. The van der Waals surface area contributed by atoms with Crippen molar-refractivity contribution in [3.05, 3.63) is 48.1 Å². The van der Waals surface area contributed by atoms with Gasteiger partial charge in [-0.25, -0.2) is 18.4 Å². The van der Waals surface area contributed by atoms with Crippen LogP contribution in [0.4, 0.5) is 8.78 Å². The molecule has 0 spiro atoms. The molecule has 1 atom stereocenters. The molecule has 0 amide bonds. The van der Waals surface area contributed by atoms with Gasteiger partial charge in [0, 0.05) is 25.2 Å². The lowest BCUT2D eigenvalue weighted by atomic mass is 10.0. The average molecular weight is 308 g/mol. The molecule has 2 aromatic rings. The van der Waals surface area contributed by atoms with Gasteiger partial charge in [0.2, 0.25) is 0 Å². The Labute approximate surface area is 127 Å². The zero-order valence-electron chi connectivity index (χ0n) is 12.1. The van der Waals surface area contributed by atoms with E-state index < -0.39 is 17.7 Å². The van der Waals surface area contributed by atoms with Crippen molar-refractivity contribution in [2.45, 2.75) is 25.0 Å². The molecule has 5 nitrogen and oxygen atoms in total. The van der Waals surface area contributed by atoms with Crippen LogP contribution in [0.2, 0.25) is 0 Å².